The Labute approximate surface area is 135 Å². The van der Waals surface area contributed by atoms with Gasteiger partial charge in [0.25, 0.3) is 0 Å². The summed E-state index contributed by atoms with van der Waals surface area (Å²) >= 11 is 0. The van der Waals surface area contributed by atoms with E-state index in [1.807, 2.05) is 34.8 Å². The molecule has 2 aromatic heterocycles. The number of amides is 1. The average Bonchev–Trinajstić information content (AvgIpc) is 3.13. The fourth-order valence-electron chi connectivity index (χ4n) is 2.97. The van der Waals surface area contributed by atoms with Crippen molar-refractivity contribution in [2.24, 2.45) is 0 Å². The van der Waals surface area contributed by atoms with Gasteiger partial charge < -0.3 is 14.4 Å². The maximum absolute atomic E-state index is 12.3. The van der Waals surface area contributed by atoms with Crippen LogP contribution >= 0.6 is 0 Å². The molecule has 7 heteroatoms. The summed E-state index contributed by atoms with van der Waals surface area (Å²) in [5.41, 5.74) is 0. The molecule has 0 unspecified atom stereocenters. The summed E-state index contributed by atoms with van der Waals surface area (Å²) in [4.78, 5) is 20.4. The summed E-state index contributed by atoms with van der Waals surface area (Å²) in [5, 5.41) is 8.08. The molecule has 0 bridgehead atoms. The summed E-state index contributed by atoms with van der Waals surface area (Å²) in [6, 6.07) is 4.27. The van der Waals surface area contributed by atoms with Gasteiger partial charge in [-0.15, -0.1) is 5.10 Å². The van der Waals surface area contributed by atoms with Crippen LogP contribution in [0.5, 0.6) is 0 Å². The van der Waals surface area contributed by atoms with Crippen molar-refractivity contribution in [2.75, 3.05) is 25.0 Å². The molecule has 1 aliphatic rings. The van der Waals surface area contributed by atoms with Gasteiger partial charge in [0.15, 0.2) is 5.82 Å². The van der Waals surface area contributed by atoms with Crippen LogP contribution in [0.3, 0.4) is 0 Å². The van der Waals surface area contributed by atoms with Gasteiger partial charge in [-0.25, -0.2) is 4.98 Å². The number of rotatable bonds is 5. The Balaban J connectivity index is 1.47. The van der Waals surface area contributed by atoms with Crippen LogP contribution in [0.1, 0.15) is 19.3 Å². The molecule has 0 N–H and O–H groups in total. The Morgan fingerprint density at radius 2 is 2.17 bits per heavy atom. The van der Waals surface area contributed by atoms with E-state index in [4.69, 9.17) is 0 Å². The highest BCUT2D eigenvalue weighted by atomic mass is 16.2. The van der Waals surface area contributed by atoms with Gasteiger partial charge >= 0.3 is 0 Å². The number of aromatic nitrogens is 4. The van der Waals surface area contributed by atoms with Crippen LogP contribution < -0.4 is 4.90 Å². The third-order valence-electron chi connectivity index (χ3n) is 4.43. The molecule has 122 valence electrons. The Bertz CT molecular complexity index is 607. The van der Waals surface area contributed by atoms with Crippen LogP contribution in [-0.2, 0) is 11.3 Å². The van der Waals surface area contributed by atoms with Crippen LogP contribution in [0, 0.1) is 0 Å². The van der Waals surface area contributed by atoms with E-state index >= 15 is 0 Å². The fraction of sp³-hybridized carbons (Fsp3) is 0.500. The molecule has 1 fully saturated rings. The van der Waals surface area contributed by atoms with Crippen molar-refractivity contribution < 1.29 is 4.79 Å². The molecular formula is C16H22N6O. The second-order valence-electron chi connectivity index (χ2n) is 5.86. The SMILES string of the molecule is CN(c1cccnn1)C1CCN(C(=O)CCn2ccnc2)CC1. The molecule has 23 heavy (non-hydrogen) atoms. The zero-order chi connectivity index (χ0) is 16.1. The topological polar surface area (TPSA) is 67.2 Å². The highest BCUT2D eigenvalue weighted by Crippen LogP contribution is 2.20. The minimum atomic E-state index is 0.222. The maximum atomic E-state index is 12.3. The average molecular weight is 314 g/mol. The lowest BCUT2D eigenvalue weighted by Crippen LogP contribution is -2.46. The molecule has 0 radical (unpaired) electrons. The van der Waals surface area contributed by atoms with Gasteiger partial charge in [0.2, 0.25) is 5.91 Å². The molecule has 1 amide bonds. The van der Waals surface area contributed by atoms with E-state index < -0.39 is 0 Å². The molecule has 3 rings (SSSR count). The molecule has 0 spiro atoms. The van der Waals surface area contributed by atoms with E-state index in [2.05, 4.69) is 20.1 Å². The molecule has 7 nitrogen and oxygen atoms in total. The number of carbonyl (C=O) groups is 1. The zero-order valence-corrected chi connectivity index (χ0v) is 13.4. The van der Waals surface area contributed by atoms with Crippen molar-refractivity contribution >= 4 is 11.7 Å². The fourth-order valence-corrected chi connectivity index (χ4v) is 2.97. The Morgan fingerprint density at radius 1 is 1.35 bits per heavy atom. The summed E-state index contributed by atoms with van der Waals surface area (Å²) in [6.45, 7) is 2.30. The summed E-state index contributed by atoms with van der Waals surface area (Å²) in [7, 11) is 2.05. The number of nitrogens with zero attached hydrogens (tertiary/aromatic N) is 6. The van der Waals surface area contributed by atoms with Crippen LogP contribution in [-0.4, -0.2) is 56.7 Å². The lowest BCUT2D eigenvalue weighted by Gasteiger charge is -2.37. The minimum absolute atomic E-state index is 0.222. The van der Waals surface area contributed by atoms with Crippen molar-refractivity contribution in [2.45, 2.75) is 31.8 Å². The third kappa shape index (κ3) is 3.85. The molecule has 0 saturated carbocycles. The molecule has 0 aliphatic carbocycles. The Kier molecular flexibility index (Phi) is 4.85. The van der Waals surface area contributed by atoms with Gasteiger partial charge in [-0.1, -0.05) is 0 Å². The first-order chi connectivity index (χ1) is 11.2. The molecule has 1 saturated heterocycles. The van der Waals surface area contributed by atoms with Gasteiger partial charge in [0.05, 0.1) is 6.33 Å². The van der Waals surface area contributed by atoms with Gasteiger partial charge in [-0.3, -0.25) is 4.79 Å². The number of piperidine rings is 1. The minimum Gasteiger partial charge on any atom is -0.355 e. The first-order valence-corrected chi connectivity index (χ1v) is 7.98. The van der Waals surface area contributed by atoms with Crippen molar-refractivity contribution in [1.82, 2.24) is 24.6 Å². The van der Waals surface area contributed by atoms with Crippen molar-refractivity contribution in [3.63, 3.8) is 0 Å². The predicted octanol–water partition coefficient (Wildman–Crippen LogP) is 1.19. The molecule has 0 atom stereocenters. The quantitative estimate of drug-likeness (QED) is 0.829. The number of anilines is 1. The normalized spacial score (nSPS) is 15.6. The third-order valence-corrected chi connectivity index (χ3v) is 4.43. The molecule has 2 aromatic rings. The second kappa shape index (κ2) is 7.21. The predicted molar refractivity (Wildman–Crippen MR) is 86.9 cm³/mol. The number of carbonyl (C=O) groups excluding carboxylic acids is 1. The molecular weight excluding hydrogens is 292 g/mol. The summed E-state index contributed by atoms with van der Waals surface area (Å²) < 4.78 is 1.94. The van der Waals surface area contributed by atoms with Crippen LogP contribution in [0.25, 0.3) is 0 Å². The number of imidazole rings is 1. The van der Waals surface area contributed by atoms with Crippen molar-refractivity contribution in [3.8, 4) is 0 Å². The van der Waals surface area contributed by atoms with Crippen molar-refractivity contribution in [3.05, 3.63) is 37.1 Å². The van der Waals surface area contributed by atoms with E-state index in [1.165, 1.54) is 0 Å². The summed E-state index contributed by atoms with van der Waals surface area (Å²) in [6.07, 6.45) is 9.50. The monoisotopic (exact) mass is 314 g/mol. The van der Waals surface area contributed by atoms with E-state index in [0.29, 0.717) is 19.0 Å². The standard InChI is InChI=1S/C16H22N6O/c1-20(15-3-2-7-18-19-15)14-4-10-22(11-5-14)16(23)6-9-21-12-8-17-13-21/h2-3,7-8,12-14H,4-6,9-11H2,1H3. The van der Waals surface area contributed by atoms with E-state index in [-0.39, 0.29) is 5.91 Å². The van der Waals surface area contributed by atoms with Crippen LogP contribution in [0.15, 0.2) is 37.1 Å². The number of aryl methyl sites for hydroxylation is 1. The molecule has 1 aliphatic heterocycles. The van der Waals surface area contributed by atoms with Crippen molar-refractivity contribution in [1.29, 1.82) is 0 Å². The number of likely N-dealkylation sites (tertiary alicyclic amines) is 1. The first-order valence-electron chi connectivity index (χ1n) is 7.98. The molecule has 0 aromatic carbocycles. The van der Waals surface area contributed by atoms with Crippen LogP contribution in [0.4, 0.5) is 5.82 Å². The van der Waals surface area contributed by atoms with Crippen LogP contribution in [0.2, 0.25) is 0 Å². The summed E-state index contributed by atoms with van der Waals surface area (Å²) in [5.74, 6) is 1.11. The maximum Gasteiger partial charge on any atom is 0.224 e. The lowest BCUT2D eigenvalue weighted by atomic mass is 10.0. The highest BCUT2D eigenvalue weighted by Gasteiger charge is 2.25. The number of hydrogen-bond donors (Lipinski definition) is 0. The Morgan fingerprint density at radius 3 is 2.83 bits per heavy atom. The highest BCUT2D eigenvalue weighted by molar-refractivity contribution is 5.76. The second-order valence-corrected chi connectivity index (χ2v) is 5.86. The Hall–Kier alpha value is -2.44. The number of hydrogen-bond acceptors (Lipinski definition) is 5. The van der Waals surface area contributed by atoms with E-state index in [0.717, 1.165) is 31.7 Å². The molecule has 3 heterocycles. The zero-order valence-electron chi connectivity index (χ0n) is 13.4. The van der Waals surface area contributed by atoms with Gasteiger partial charge in [-0.2, -0.15) is 5.10 Å². The lowest BCUT2D eigenvalue weighted by molar-refractivity contribution is -0.132. The van der Waals surface area contributed by atoms with Gasteiger partial charge in [0, 0.05) is 57.7 Å². The largest absolute Gasteiger partial charge is 0.355 e. The van der Waals surface area contributed by atoms with Gasteiger partial charge in [0.1, 0.15) is 0 Å². The van der Waals surface area contributed by atoms with E-state index in [9.17, 15) is 4.79 Å². The van der Waals surface area contributed by atoms with Gasteiger partial charge in [-0.05, 0) is 25.0 Å². The first kappa shape index (κ1) is 15.5. The van der Waals surface area contributed by atoms with E-state index in [1.54, 1.807) is 18.7 Å². The smallest absolute Gasteiger partial charge is 0.224 e.